The van der Waals surface area contributed by atoms with Gasteiger partial charge in [-0.1, -0.05) is 55.1 Å². The minimum Gasteiger partial charge on any atom is -0.460 e. The molecule has 7 nitrogen and oxygen atoms in total. The zero-order valence-electron chi connectivity index (χ0n) is 20.3. The first kappa shape index (κ1) is 25.6. The smallest absolute Gasteiger partial charge is 0.339 e. The molecule has 3 rings (SSSR count). The lowest BCUT2D eigenvalue weighted by molar-refractivity contribution is -0.141. The van der Waals surface area contributed by atoms with Gasteiger partial charge in [0.15, 0.2) is 0 Å². The molecule has 0 N–H and O–H groups in total. The van der Waals surface area contributed by atoms with Crippen molar-refractivity contribution in [3.05, 3.63) is 77.9 Å². The van der Waals surface area contributed by atoms with Crippen molar-refractivity contribution in [2.24, 2.45) is 12.0 Å². The summed E-state index contributed by atoms with van der Waals surface area (Å²) >= 11 is 0. The average molecular weight is 475 g/mol. The molecule has 0 radical (unpaired) electrons. The summed E-state index contributed by atoms with van der Waals surface area (Å²) in [5, 5.41) is 1.02. The predicted molar refractivity (Wildman–Crippen MR) is 138 cm³/mol. The van der Waals surface area contributed by atoms with Crippen molar-refractivity contribution in [1.82, 2.24) is 4.57 Å². The summed E-state index contributed by atoms with van der Waals surface area (Å²) in [5.74, 6) is -0.961. The van der Waals surface area contributed by atoms with E-state index in [1.165, 1.54) is 6.21 Å². The number of aliphatic imine (C=N–C) groups is 1. The molecule has 0 atom stereocenters. The molecule has 0 aliphatic heterocycles. The number of benzene rings is 2. The highest BCUT2D eigenvalue weighted by molar-refractivity contribution is 6.15. The first-order chi connectivity index (χ1) is 16.9. The Morgan fingerprint density at radius 1 is 0.943 bits per heavy atom. The lowest BCUT2D eigenvalue weighted by Crippen LogP contribution is -2.16. The van der Waals surface area contributed by atoms with E-state index in [9.17, 15) is 9.59 Å². The van der Waals surface area contributed by atoms with Gasteiger partial charge in [-0.2, -0.15) is 0 Å². The monoisotopic (exact) mass is 474 g/mol. The van der Waals surface area contributed by atoms with Crippen molar-refractivity contribution in [2.75, 3.05) is 33.5 Å². The minimum atomic E-state index is -0.500. The average Bonchev–Trinajstić information content (AvgIpc) is 3.14. The second-order valence-corrected chi connectivity index (χ2v) is 7.86. The van der Waals surface area contributed by atoms with E-state index in [1.807, 2.05) is 61.7 Å². The molecular formula is C28H30N2O5. The van der Waals surface area contributed by atoms with Crippen LogP contribution < -0.4 is 0 Å². The number of hydrogen-bond acceptors (Lipinski definition) is 6. The number of hydrogen-bond donors (Lipinski definition) is 0. The highest BCUT2D eigenvalue weighted by atomic mass is 16.6. The second-order valence-electron chi connectivity index (χ2n) is 7.86. The van der Waals surface area contributed by atoms with E-state index in [0.717, 1.165) is 27.7 Å². The summed E-state index contributed by atoms with van der Waals surface area (Å²) < 4.78 is 17.9. The van der Waals surface area contributed by atoms with E-state index < -0.39 is 11.9 Å². The van der Waals surface area contributed by atoms with Gasteiger partial charge in [0.25, 0.3) is 0 Å². The van der Waals surface area contributed by atoms with Crippen molar-refractivity contribution < 1.29 is 23.8 Å². The summed E-state index contributed by atoms with van der Waals surface area (Å²) in [6, 6.07) is 18.1. The number of aryl methyl sites for hydroxylation is 1. The summed E-state index contributed by atoms with van der Waals surface area (Å²) in [5.41, 5.74) is 4.67. The van der Waals surface area contributed by atoms with Crippen LogP contribution >= 0.6 is 0 Å². The largest absolute Gasteiger partial charge is 0.460 e. The van der Waals surface area contributed by atoms with Crippen LogP contribution in [-0.2, 0) is 30.8 Å². The molecule has 0 saturated heterocycles. The Hall–Kier alpha value is -3.97. The number of ether oxygens (including phenoxy) is 3. The summed E-state index contributed by atoms with van der Waals surface area (Å²) in [4.78, 5) is 28.3. The molecule has 1 aromatic heterocycles. The number of carbonyl (C=O) groups excluding carboxylic acids is 2. The van der Waals surface area contributed by atoms with Gasteiger partial charge in [0.1, 0.15) is 13.2 Å². The summed E-state index contributed by atoms with van der Waals surface area (Å²) in [7, 11) is 3.62. The van der Waals surface area contributed by atoms with Crippen LogP contribution in [0.15, 0.2) is 77.3 Å². The molecule has 0 bridgehead atoms. The number of rotatable bonds is 11. The Labute approximate surface area is 205 Å². The van der Waals surface area contributed by atoms with Crippen molar-refractivity contribution in [3.63, 3.8) is 0 Å². The Balaban J connectivity index is 1.75. The molecular weight excluding hydrogens is 444 g/mol. The van der Waals surface area contributed by atoms with Crippen molar-refractivity contribution >= 4 is 35.1 Å². The Kier molecular flexibility index (Phi) is 9.15. The molecule has 0 saturated carbocycles. The fourth-order valence-electron chi connectivity index (χ4n) is 3.65. The van der Waals surface area contributed by atoms with Crippen LogP contribution in [0, 0.1) is 0 Å². The maximum atomic E-state index is 12.9. The molecule has 35 heavy (non-hydrogen) atoms. The molecule has 0 amide bonds. The molecule has 0 aliphatic rings. The van der Waals surface area contributed by atoms with Crippen LogP contribution in [0.3, 0.4) is 0 Å². The van der Waals surface area contributed by atoms with Gasteiger partial charge in [0.05, 0.1) is 24.5 Å². The molecule has 1 heterocycles. The van der Waals surface area contributed by atoms with E-state index in [4.69, 9.17) is 14.2 Å². The van der Waals surface area contributed by atoms with Gasteiger partial charge < -0.3 is 18.8 Å². The fourth-order valence-corrected chi connectivity index (χ4v) is 3.65. The Morgan fingerprint density at radius 3 is 2.23 bits per heavy atom. The topological polar surface area (TPSA) is 79.1 Å². The van der Waals surface area contributed by atoms with Crippen molar-refractivity contribution in [1.29, 1.82) is 0 Å². The highest BCUT2D eigenvalue weighted by Gasteiger charge is 2.18. The number of fused-ring (bicyclic) bond motifs is 1. The van der Waals surface area contributed by atoms with Gasteiger partial charge in [-0.3, -0.25) is 4.99 Å². The molecule has 7 heteroatoms. The van der Waals surface area contributed by atoms with Crippen LogP contribution in [0.25, 0.3) is 28.2 Å². The number of aromatic nitrogens is 1. The van der Waals surface area contributed by atoms with E-state index in [2.05, 4.69) is 22.2 Å². The van der Waals surface area contributed by atoms with Crippen LogP contribution in [0.5, 0.6) is 0 Å². The molecule has 0 unspecified atom stereocenters. The third kappa shape index (κ3) is 6.55. The lowest BCUT2D eigenvalue weighted by Gasteiger charge is -2.09. The molecule has 0 aliphatic carbocycles. The van der Waals surface area contributed by atoms with Gasteiger partial charge in [-0.05, 0) is 24.6 Å². The number of esters is 2. The maximum absolute atomic E-state index is 12.9. The first-order valence-electron chi connectivity index (χ1n) is 11.3. The first-order valence-corrected chi connectivity index (χ1v) is 11.3. The number of carbonyl (C=O) groups is 2. The standard InChI is InChI=1S/C28H30N2O5/c1-20(2)27(31)34-16-14-33-15-17-35-28(32)22(19-29-3)18-24-23-12-8-9-13-25(23)30(4)26(24)21-10-6-5-7-11-21/h5-13,18-19H,1,14-17H2,2-4H3/b22-18+,29-19?. The molecule has 0 spiro atoms. The summed E-state index contributed by atoms with van der Waals surface area (Å²) in [6.45, 7) is 5.64. The van der Waals surface area contributed by atoms with Crippen molar-refractivity contribution in [3.8, 4) is 11.3 Å². The highest BCUT2D eigenvalue weighted by Crippen LogP contribution is 2.34. The van der Waals surface area contributed by atoms with Crippen LogP contribution in [0.2, 0.25) is 0 Å². The van der Waals surface area contributed by atoms with Crippen LogP contribution in [0.1, 0.15) is 12.5 Å². The second kappa shape index (κ2) is 12.5. The van der Waals surface area contributed by atoms with E-state index in [-0.39, 0.29) is 26.4 Å². The molecule has 3 aromatic rings. The molecule has 0 fully saturated rings. The Morgan fingerprint density at radius 2 is 1.57 bits per heavy atom. The summed E-state index contributed by atoms with van der Waals surface area (Å²) in [6.07, 6.45) is 3.31. The van der Waals surface area contributed by atoms with E-state index in [1.54, 1.807) is 14.0 Å². The van der Waals surface area contributed by atoms with Gasteiger partial charge in [0.2, 0.25) is 0 Å². The fraction of sp³-hybridized carbons (Fsp3) is 0.250. The quantitative estimate of drug-likeness (QED) is 0.176. The zero-order valence-corrected chi connectivity index (χ0v) is 20.3. The predicted octanol–water partition coefficient (Wildman–Crippen LogP) is 4.61. The maximum Gasteiger partial charge on any atom is 0.339 e. The number of nitrogens with zero attached hydrogens (tertiary/aromatic N) is 2. The van der Waals surface area contributed by atoms with Gasteiger partial charge >= 0.3 is 11.9 Å². The minimum absolute atomic E-state index is 0.0588. The van der Waals surface area contributed by atoms with Crippen LogP contribution in [0.4, 0.5) is 0 Å². The van der Waals surface area contributed by atoms with E-state index >= 15 is 0 Å². The number of para-hydroxylation sites is 1. The van der Waals surface area contributed by atoms with Gasteiger partial charge in [-0.25, -0.2) is 9.59 Å². The van der Waals surface area contributed by atoms with Gasteiger partial charge in [-0.15, -0.1) is 0 Å². The normalized spacial score (nSPS) is 11.7. The van der Waals surface area contributed by atoms with E-state index in [0.29, 0.717) is 11.1 Å². The van der Waals surface area contributed by atoms with Crippen LogP contribution in [-0.4, -0.2) is 56.2 Å². The Bertz CT molecular complexity index is 1260. The molecule has 182 valence electrons. The zero-order chi connectivity index (χ0) is 25.2. The third-order valence-electron chi connectivity index (χ3n) is 5.27. The third-order valence-corrected chi connectivity index (χ3v) is 5.27. The van der Waals surface area contributed by atoms with Gasteiger partial charge in [0, 0.05) is 42.3 Å². The van der Waals surface area contributed by atoms with Crippen molar-refractivity contribution in [2.45, 2.75) is 6.92 Å². The molecule has 2 aromatic carbocycles. The lowest BCUT2D eigenvalue weighted by atomic mass is 10.0. The SMILES string of the molecule is C=C(C)C(=O)OCCOCCOC(=O)/C(C=NC)=C/c1c(-c2ccccc2)n(C)c2ccccc12.